The lowest BCUT2D eigenvalue weighted by molar-refractivity contribution is -0.143. The number of likely N-dealkylation sites (N-methyl/N-ethyl adjacent to an activating group) is 1. The van der Waals surface area contributed by atoms with E-state index in [2.05, 4.69) is 11.8 Å². The van der Waals surface area contributed by atoms with E-state index in [9.17, 15) is 9.59 Å². The number of aliphatic hydroxyl groups excluding tert-OH is 1. The second kappa shape index (κ2) is 8.45. The molecule has 1 rings (SSSR count). The Kier molecular flexibility index (Phi) is 6.92. The van der Waals surface area contributed by atoms with Crippen LogP contribution >= 0.6 is 11.3 Å². The Balaban J connectivity index is 2.88. The largest absolute Gasteiger partial charge is 0.465 e. The summed E-state index contributed by atoms with van der Waals surface area (Å²) in [5.41, 5.74) is 0.886. The minimum atomic E-state index is -0.415. The smallest absolute Gasteiger partial charge is 0.325 e. The molecule has 1 aromatic rings. The lowest BCUT2D eigenvalue weighted by Crippen LogP contribution is -2.35. The first kappa shape index (κ1) is 17.2. The highest BCUT2D eigenvalue weighted by atomic mass is 32.1. The van der Waals surface area contributed by atoms with Crippen molar-refractivity contribution in [2.75, 3.05) is 26.3 Å². The van der Waals surface area contributed by atoms with Gasteiger partial charge in [-0.25, -0.2) is 0 Å². The van der Waals surface area contributed by atoms with Gasteiger partial charge < -0.3 is 14.7 Å². The molecule has 1 heterocycles. The molecule has 0 saturated carbocycles. The maximum Gasteiger partial charge on any atom is 0.325 e. The van der Waals surface area contributed by atoms with Crippen LogP contribution in [-0.4, -0.2) is 48.2 Å². The molecule has 114 valence electrons. The Bertz CT molecular complexity index is 568. The Morgan fingerprint density at radius 3 is 2.71 bits per heavy atom. The van der Waals surface area contributed by atoms with Gasteiger partial charge in [0, 0.05) is 6.54 Å². The summed E-state index contributed by atoms with van der Waals surface area (Å²) in [4.78, 5) is 26.6. The summed E-state index contributed by atoms with van der Waals surface area (Å²) in [5, 5.41) is 8.71. The molecule has 0 aliphatic carbocycles. The summed E-state index contributed by atoms with van der Waals surface area (Å²) in [7, 11) is 0. The molecule has 1 N–H and O–H groups in total. The molecule has 0 bridgehead atoms. The van der Waals surface area contributed by atoms with Crippen LogP contribution in [0, 0.1) is 18.8 Å². The molecule has 0 aliphatic rings. The lowest BCUT2D eigenvalue weighted by atomic mass is 10.2. The van der Waals surface area contributed by atoms with Crippen LogP contribution in [0.5, 0.6) is 0 Å². The maximum absolute atomic E-state index is 12.4. The first-order chi connectivity index (χ1) is 10.0. The topological polar surface area (TPSA) is 66.8 Å². The summed E-state index contributed by atoms with van der Waals surface area (Å²) in [6.45, 7) is 5.84. The highest BCUT2D eigenvalue weighted by Crippen LogP contribution is 2.22. The quantitative estimate of drug-likeness (QED) is 0.660. The summed E-state index contributed by atoms with van der Waals surface area (Å²) >= 11 is 1.26. The molecule has 0 radical (unpaired) electrons. The van der Waals surface area contributed by atoms with E-state index < -0.39 is 5.97 Å². The van der Waals surface area contributed by atoms with Crippen molar-refractivity contribution in [2.45, 2.75) is 20.8 Å². The van der Waals surface area contributed by atoms with Gasteiger partial charge in [-0.15, -0.1) is 11.3 Å². The molecule has 0 unspecified atom stereocenters. The monoisotopic (exact) mass is 309 g/mol. The first-order valence-electron chi connectivity index (χ1n) is 6.68. The van der Waals surface area contributed by atoms with Gasteiger partial charge in [-0.3, -0.25) is 9.59 Å². The van der Waals surface area contributed by atoms with Gasteiger partial charge in [-0.1, -0.05) is 11.8 Å². The van der Waals surface area contributed by atoms with Crippen molar-refractivity contribution in [3.05, 3.63) is 21.4 Å². The van der Waals surface area contributed by atoms with E-state index in [1.165, 1.54) is 16.2 Å². The SMILES string of the molecule is CCOC(=O)CN(CC)C(=O)c1cc(C)c(C#CCO)s1. The van der Waals surface area contributed by atoms with Crippen molar-refractivity contribution in [1.82, 2.24) is 4.90 Å². The van der Waals surface area contributed by atoms with E-state index in [0.717, 1.165) is 10.4 Å². The summed E-state index contributed by atoms with van der Waals surface area (Å²) in [6.07, 6.45) is 0. The van der Waals surface area contributed by atoms with Gasteiger partial charge in [0.1, 0.15) is 13.2 Å². The molecular weight excluding hydrogens is 290 g/mol. The fourth-order valence-electron chi connectivity index (χ4n) is 1.68. The third kappa shape index (κ3) is 4.88. The third-order valence-corrected chi connectivity index (χ3v) is 3.84. The van der Waals surface area contributed by atoms with Gasteiger partial charge >= 0.3 is 5.97 Å². The molecule has 1 amide bonds. The number of hydrogen-bond donors (Lipinski definition) is 1. The van der Waals surface area contributed by atoms with E-state index >= 15 is 0 Å². The minimum absolute atomic E-state index is 0.0578. The molecule has 1 aromatic heterocycles. The first-order valence-corrected chi connectivity index (χ1v) is 7.50. The zero-order valence-corrected chi connectivity index (χ0v) is 13.2. The minimum Gasteiger partial charge on any atom is -0.465 e. The predicted molar refractivity (Wildman–Crippen MR) is 81.2 cm³/mol. The molecule has 6 heteroatoms. The summed E-state index contributed by atoms with van der Waals surface area (Å²) in [5.74, 6) is 4.75. The number of aryl methyl sites for hydroxylation is 1. The predicted octanol–water partition coefficient (Wildman–Crippen LogP) is 1.43. The van der Waals surface area contributed by atoms with E-state index in [4.69, 9.17) is 9.84 Å². The number of carbonyl (C=O) groups excluding carboxylic acids is 2. The van der Waals surface area contributed by atoms with E-state index in [0.29, 0.717) is 18.0 Å². The fourth-order valence-corrected chi connectivity index (χ4v) is 2.69. The van der Waals surface area contributed by atoms with Crippen molar-refractivity contribution >= 4 is 23.2 Å². The number of nitrogens with zero attached hydrogens (tertiary/aromatic N) is 1. The maximum atomic E-state index is 12.4. The van der Waals surface area contributed by atoms with E-state index in [1.54, 1.807) is 13.0 Å². The Morgan fingerprint density at radius 1 is 1.43 bits per heavy atom. The van der Waals surface area contributed by atoms with E-state index in [-0.39, 0.29) is 19.1 Å². The van der Waals surface area contributed by atoms with Gasteiger partial charge in [-0.05, 0) is 32.4 Å². The average molecular weight is 309 g/mol. The summed E-state index contributed by atoms with van der Waals surface area (Å²) in [6, 6.07) is 1.75. The molecule has 0 atom stereocenters. The van der Waals surface area contributed by atoms with Crippen molar-refractivity contribution in [3.8, 4) is 11.8 Å². The number of carbonyl (C=O) groups is 2. The van der Waals surface area contributed by atoms with Gasteiger partial charge in [0.15, 0.2) is 0 Å². The highest BCUT2D eigenvalue weighted by Gasteiger charge is 2.20. The van der Waals surface area contributed by atoms with Crippen LogP contribution < -0.4 is 0 Å². The standard InChI is InChI=1S/C15H19NO4S/c1-4-16(10-14(18)20-5-2)15(19)13-9-11(3)12(21-13)7-6-8-17/h9,17H,4-5,8,10H2,1-3H3. The zero-order chi connectivity index (χ0) is 15.8. The second-order valence-electron chi connectivity index (χ2n) is 4.21. The molecule has 0 aliphatic heterocycles. The number of rotatable bonds is 5. The second-order valence-corrected chi connectivity index (χ2v) is 5.26. The molecule has 0 fully saturated rings. The van der Waals surface area contributed by atoms with Crippen LogP contribution in [0.4, 0.5) is 0 Å². The van der Waals surface area contributed by atoms with Crippen molar-refractivity contribution in [3.63, 3.8) is 0 Å². The number of amides is 1. The van der Waals surface area contributed by atoms with Gasteiger partial charge in [0.2, 0.25) is 0 Å². The molecule has 21 heavy (non-hydrogen) atoms. The van der Waals surface area contributed by atoms with Crippen LogP contribution in [0.25, 0.3) is 0 Å². The Hall–Kier alpha value is -1.84. The third-order valence-electron chi connectivity index (χ3n) is 2.70. The molecular formula is C15H19NO4S. The number of hydrogen-bond acceptors (Lipinski definition) is 5. The number of esters is 1. The van der Waals surface area contributed by atoms with Crippen LogP contribution in [0.3, 0.4) is 0 Å². The Labute approximate surface area is 128 Å². The normalized spacial score (nSPS) is 9.71. The highest BCUT2D eigenvalue weighted by molar-refractivity contribution is 7.14. The number of ether oxygens (including phenoxy) is 1. The van der Waals surface area contributed by atoms with Crippen LogP contribution in [0.1, 0.15) is 34.0 Å². The summed E-state index contributed by atoms with van der Waals surface area (Å²) < 4.78 is 4.86. The zero-order valence-electron chi connectivity index (χ0n) is 12.4. The molecule has 0 aromatic carbocycles. The number of thiophene rings is 1. The van der Waals surface area contributed by atoms with Gasteiger partial charge in [0.05, 0.1) is 16.4 Å². The van der Waals surface area contributed by atoms with E-state index in [1.807, 2.05) is 13.8 Å². The van der Waals surface area contributed by atoms with Gasteiger partial charge in [0.25, 0.3) is 5.91 Å². The van der Waals surface area contributed by atoms with Crippen molar-refractivity contribution < 1.29 is 19.4 Å². The van der Waals surface area contributed by atoms with Crippen molar-refractivity contribution in [2.24, 2.45) is 0 Å². The van der Waals surface area contributed by atoms with Gasteiger partial charge in [-0.2, -0.15) is 0 Å². The molecule has 5 nitrogen and oxygen atoms in total. The fraction of sp³-hybridized carbons (Fsp3) is 0.467. The average Bonchev–Trinajstić information content (AvgIpc) is 2.83. The van der Waals surface area contributed by atoms with Crippen LogP contribution in [0.2, 0.25) is 0 Å². The number of aliphatic hydroxyl groups is 1. The van der Waals surface area contributed by atoms with Crippen molar-refractivity contribution in [1.29, 1.82) is 0 Å². The van der Waals surface area contributed by atoms with Crippen LogP contribution in [0.15, 0.2) is 6.07 Å². The molecule has 0 spiro atoms. The molecule has 0 saturated heterocycles. The lowest BCUT2D eigenvalue weighted by Gasteiger charge is -2.18. The van der Waals surface area contributed by atoms with Crippen LogP contribution in [-0.2, 0) is 9.53 Å². The Morgan fingerprint density at radius 2 is 2.14 bits per heavy atom.